The smallest absolute Gasteiger partial charge is 0.119 e. The number of aliphatic hydroxyl groups excluding tert-OH is 1. The first-order chi connectivity index (χ1) is 10.8. The minimum atomic E-state index is 0.110. The summed E-state index contributed by atoms with van der Waals surface area (Å²) in [6.07, 6.45) is 0.934. The van der Waals surface area contributed by atoms with E-state index in [1.807, 2.05) is 12.1 Å². The van der Waals surface area contributed by atoms with Gasteiger partial charge in [0.15, 0.2) is 0 Å². The summed E-state index contributed by atoms with van der Waals surface area (Å²) < 4.78 is 11.2. The van der Waals surface area contributed by atoms with E-state index in [1.165, 1.54) is 16.3 Å². The van der Waals surface area contributed by atoms with Crippen LogP contribution in [0.15, 0.2) is 36.4 Å². The van der Waals surface area contributed by atoms with E-state index < -0.39 is 0 Å². The number of methoxy groups -OCH3 is 1. The first kappa shape index (κ1) is 15.3. The fourth-order valence-electron chi connectivity index (χ4n) is 2.97. The fourth-order valence-corrected chi connectivity index (χ4v) is 2.97. The van der Waals surface area contributed by atoms with Crippen molar-refractivity contribution in [1.82, 2.24) is 4.90 Å². The Morgan fingerprint density at radius 1 is 1.23 bits per heavy atom. The number of hydrogen-bond acceptors (Lipinski definition) is 4. The molecule has 0 unspecified atom stereocenters. The van der Waals surface area contributed by atoms with E-state index in [0.717, 1.165) is 38.4 Å². The molecule has 0 amide bonds. The van der Waals surface area contributed by atoms with Crippen LogP contribution in [0.5, 0.6) is 5.75 Å². The molecule has 3 rings (SSSR count). The predicted octanol–water partition coefficient (Wildman–Crippen LogP) is 2.60. The average Bonchev–Trinajstić information content (AvgIpc) is 2.59. The van der Waals surface area contributed by atoms with Crippen LogP contribution in [-0.2, 0) is 4.74 Å². The van der Waals surface area contributed by atoms with Crippen LogP contribution in [-0.4, -0.2) is 50.0 Å². The summed E-state index contributed by atoms with van der Waals surface area (Å²) in [5.41, 5.74) is 1.21. The van der Waals surface area contributed by atoms with Crippen LogP contribution in [0.1, 0.15) is 18.1 Å². The van der Waals surface area contributed by atoms with E-state index in [-0.39, 0.29) is 12.7 Å². The van der Waals surface area contributed by atoms with Crippen molar-refractivity contribution in [3.63, 3.8) is 0 Å². The van der Waals surface area contributed by atoms with Crippen molar-refractivity contribution in [1.29, 1.82) is 0 Å². The number of fused-ring (bicyclic) bond motifs is 1. The van der Waals surface area contributed by atoms with Gasteiger partial charge in [0, 0.05) is 26.2 Å². The molecule has 4 nitrogen and oxygen atoms in total. The second kappa shape index (κ2) is 7.09. The summed E-state index contributed by atoms with van der Waals surface area (Å²) in [6.45, 7) is 3.76. The van der Waals surface area contributed by atoms with Crippen LogP contribution >= 0.6 is 0 Å². The lowest BCUT2D eigenvalue weighted by Crippen LogP contribution is -2.39. The zero-order chi connectivity index (χ0) is 15.4. The normalized spacial score (nSPS) is 19.5. The summed E-state index contributed by atoms with van der Waals surface area (Å²) in [4.78, 5) is 2.36. The number of hydrogen-bond donors (Lipinski definition) is 1. The number of morpholine rings is 1. The van der Waals surface area contributed by atoms with Gasteiger partial charge in [0.2, 0.25) is 0 Å². The van der Waals surface area contributed by atoms with Gasteiger partial charge in [0.25, 0.3) is 0 Å². The van der Waals surface area contributed by atoms with Crippen molar-refractivity contribution in [3.8, 4) is 5.75 Å². The molecule has 22 heavy (non-hydrogen) atoms. The molecule has 0 saturated carbocycles. The summed E-state index contributed by atoms with van der Waals surface area (Å²) in [6, 6.07) is 12.6. The molecule has 118 valence electrons. The maximum atomic E-state index is 8.97. The number of aliphatic hydroxyl groups is 1. The second-order valence-electron chi connectivity index (χ2n) is 5.71. The monoisotopic (exact) mass is 301 g/mol. The number of benzene rings is 2. The minimum absolute atomic E-state index is 0.110. The lowest BCUT2D eigenvalue weighted by Gasteiger charge is -2.33. The molecule has 1 aliphatic heterocycles. The molecule has 0 aromatic heterocycles. The Kier molecular flexibility index (Phi) is 4.93. The third-order valence-corrected chi connectivity index (χ3v) is 4.23. The van der Waals surface area contributed by atoms with Crippen molar-refractivity contribution < 1.29 is 14.6 Å². The molecule has 1 aliphatic rings. The molecule has 0 radical (unpaired) electrons. The Labute approximate surface area is 131 Å². The third-order valence-electron chi connectivity index (χ3n) is 4.23. The van der Waals surface area contributed by atoms with Crippen LogP contribution in [0.25, 0.3) is 10.8 Å². The predicted molar refractivity (Wildman–Crippen MR) is 87.3 cm³/mol. The first-order valence-corrected chi connectivity index (χ1v) is 7.82. The molecular weight excluding hydrogens is 278 g/mol. The van der Waals surface area contributed by atoms with E-state index in [9.17, 15) is 0 Å². The Hall–Kier alpha value is -1.62. The number of nitrogens with zero attached hydrogens (tertiary/aromatic N) is 1. The van der Waals surface area contributed by atoms with Gasteiger partial charge in [-0.2, -0.15) is 0 Å². The number of ether oxygens (including phenoxy) is 2. The minimum Gasteiger partial charge on any atom is -0.497 e. The van der Waals surface area contributed by atoms with Crippen LogP contribution in [0, 0.1) is 0 Å². The summed E-state index contributed by atoms with van der Waals surface area (Å²) in [5.74, 6) is 0.879. The molecule has 1 atom stereocenters. The van der Waals surface area contributed by atoms with Gasteiger partial charge < -0.3 is 14.6 Å². The van der Waals surface area contributed by atoms with E-state index in [4.69, 9.17) is 14.6 Å². The molecule has 1 heterocycles. The van der Waals surface area contributed by atoms with Gasteiger partial charge in [-0.3, -0.25) is 4.90 Å². The van der Waals surface area contributed by atoms with Gasteiger partial charge in [-0.15, -0.1) is 0 Å². The molecule has 0 bridgehead atoms. The highest BCUT2D eigenvalue weighted by molar-refractivity contribution is 5.84. The topological polar surface area (TPSA) is 41.9 Å². The highest BCUT2D eigenvalue weighted by Gasteiger charge is 2.21. The quantitative estimate of drug-likeness (QED) is 0.922. The molecule has 1 N–H and O–H groups in total. The van der Waals surface area contributed by atoms with Crippen LogP contribution < -0.4 is 4.74 Å². The standard InChI is InChI=1S/C18H23NO3/c1-21-17-6-5-14-11-16(4-3-15(14)12-17)18-13-19(7-2-9-20)8-10-22-18/h3-6,11-12,18,20H,2,7-10,13H2,1H3/t18-/m0/s1. The Bertz CT molecular complexity index is 629. The summed E-state index contributed by atoms with van der Waals surface area (Å²) in [7, 11) is 1.69. The summed E-state index contributed by atoms with van der Waals surface area (Å²) >= 11 is 0. The van der Waals surface area contributed by atoms with Crippen molar-refractivity contribution in [2.24, 2.45) is 0 Å². The zero-order valence-corrected chi connectivity index (χ0v) is 13.0. The van der Waals surface area contributed by atoms with Gasteiger partial charge >= 0.3 is 0 Å². The average molecular weight is 301 g/mol. The second-order valence-corrected chi connectivity index (χ2v) is 5.71. The van der Waals surface area contributed by atoms with Gasteiger partial charge in [-0.05, 0) is 41.0 Å². The van der Waals surface area contributed by atoms with Gasteiger partial charge in [0.05, 0.1) is 19.8 Å². The van der Waals surface area contributed by atoms with E-state index in [0.29, 0.717) is 0 Å². The van der Waals surface area contributed by atoms with E-state index >= 15 is 0 Å². The molecule has 0 spiro atoms. The van der Waals surface area contributed by atoms with Gasteiger partial charge in [-0.1, -0.05) is 18.2 Å². The molecule has 4 heteroatoms. The molecule has 1 saturated heterocycles. The SMILES string of the molecule is COc1ccc2cc([C@@H]3CN(CCCO)CCO3)ccc2c1. The number of rotatable bonds is 5. The van der Waals surface area contributed by atoms with Crippen LogP contribution in [0.4, 0.5) is 0 Å². The highest BCUT2D eigenvalue weighted by Crippen LogP contribution is 2.27. The fraction of sp³-hybridized carbons (Fsp3) is 0.444. The van der Waals surface area contributed by atoms with Crippen molar-refractivity contribution in [2.45, 2.75) is 12.5 Å². The Morgan fingerprint density at radius 2 is 2.05 bits per heavy atom. The third kappa shape index (κ3) is 3.40. The summed E-state index contributed by atoms with van der Waals surface area (Å²) in [5, 5.41) is 11.4. The molecule has 2 aromatic carbocycles. The van der Waals surface area contributed by atoms with Crippen molar-refractivity contribution >= 4 is 10.8 Å². The van der Waals surface area contributed by atoms with Gasteiger partial charge in [0.1, 0.15) is 5.75 Å². The van der Waals surface area contributed by atoms with E-state index in [2.05, 4.69) is 29.2 Å². The Morgan fingerprint density at radius 3 is 2.86 bits per heavy atom. The van der Waals surface area contributed by atoms with E-state index in [1.54, 1.807) is 7.11 Å². The van der Waals surface area contributed by atoms with Crippen LogP contribution in [0.2, 0.25) is 0 Å². The molecule has 0 aliphatic carbocycles. The van der Waals surface area contributed by atoms with Crippen molar-refractivity contribution in [2.75, 3.05) is 40.0 Å². The lowest BCUT2D eigenvalue weighted by atomic mass is 10.0. The maximum absolute atomic E-state index is 8.97. The first-order valence-electron chi connectivity index (χ1n) is 7.82. The largest absolute Gasteiger partial charge is 0.497 e. The highest BCUT2D eigenvalue weighted by atomic mass is 16.5. The van der Waals surface area contributed by atoms with Gasteiger partial charge in [-0.25, -0.2) is 0 Å². The molecule has 2 aromatic rings. The molecular formula is C18H23NO3. The lowest BCUT2D eigenvalue weighted by molar-refractivity contribution is -0.0311. The molecule has 1 fully saturated rings. The zero-order valence-electron chi connectivity index (χ0n) is 13.0. The van der Waals surface area contributed by atoms with Crippen molar-refractivity contribution in [3.05, 3.63) is 42.0 Å². The maximum Gasteiger partial charge on any atom is 0.119 e. The Balaban J connectivity index is 1.77. The van der Waals surface area contributed by atoms with Crippen LogP contribution in [0.3, 0.4) is 0 Å².